The van der Waals surface area contributed by atoms with E-state index in [4.69, 9.17) is 5.11 Å². The quantitative estimate of drug-likeness (QED) is 0.334. The maximum Gasteiger partial charge on any atom is 0.344 e. The van der Waals surface area contributed by atoms with Crippen LogP contribution < -0.4 is 0 Å². The number of carboxylic acid groups (broad SMARTS) is 1. The third kappa shape index (κ3) is 5.37. The fourth-order valence-electron chi connectivity index (χ4n) is 0.136. The normalized spacial score (nSPS) is 9.62. The van der Waals surface area contributed by atoms with Crippen molar-refractivity contribution < 1.29 is 14.7 Å². The molecule has 0 aliphatic heterocycles. The molecule has 0 aromatic rings. The molecule has 0 saturated carbocycles. The Hall–Kier alpha value is -0.630. The van der Waals surface area contributed by atoms with Gasteiger partial charge in [0.15, 0.2) is 0 Å². The second kappa shape index (κ2) is 4.53. The highest BCUT2D eigenvalue weighted by molar-refractivity contribution is 7.36. The van der Waals surface area contributed by atoms with E-state index >= 15 is 0 Å². The molecule has 0 rings (SSSR count). The minimum atomic E-state index is -1.03. The predicted molar refractivity (Wildman–Crippen MR) is 31.8 cm³/mol. The van der Waals surface area contributed by atoms with Gasteiger partial charge in [-0.15, -0.1) is 0 Å². The first-order valence-electron chi connectivity index (χ1n) is 1.84. The topological polar surface area (TPSA) is 58.9 Å². The predicted octanol–water partition coefficient (Wildman–Crippen LogP) is -0.0940. The van der Waals surface area contributed by atoms with Crippen LogP contribution in [0.2, 0.25) is 0 Å². The van der Waals surface area contributed by atoms with Gasteiger partial charge in [0.1, 0.15) is 0 Å². The third-order valence-corrected chi connectivity index (χ3v) is 0.445. The van der Waals surface area contributed by atoms with E-state index in [0.29, 0.717) is 0 Å². The van der Waals surface area contributed by atoms with Crippen LogP contribution in [0.25, 0.3) is 0 Å². The highest BCUT2D eigenvalue weighted by Gasteiger charge is 1.91. The van der Waals surface area contributed by atoms with Crippen LogP contribution in [0, 0.1) is 0 Å². The lowest BCUT2D eigenvalue weighted by Gasteiger charge is -1.88. The summed E-state index contributed by atoms with van der Waals surface area (Å²) in [5, 5.41) is 11.1. The maximum atomic E-state index is 9.67. The molecule has 0 saturated heterocycles. The summed E-state index contributed by atoms with van der Waals surface area (Å²) in [5.41, 5.74) is 0. The van der Waals surface area contributed by atoms with Gasteiger partial charge in [0.25, 0.3) is 0 Å². The van der Waals surface area contributed by atoms with Crippen molar-refractivity contribution in [2.45, 2.75) is 0 Å². The summed E-state index contributed by atoms with van der Waals surface area (Å²) < 4.78 is 0. The summed E-state index contributed by atoms with van der Waals surface area (Å²) in [4.78, 5) is 13.9. The first kappa shape index (κ1) is 7.37. The van der Waals surface area contributed by atoms with Crippen LogP contribution in [-0.4, -0.2) is 23.6 Å². The van der Waals surface area contributed by atoms with Gasteiger partial charge in [0.2, 0.25) is 6.61 Å². The average Bonchev–Trinajstić information content (AvgIpc) is 1.66. The molecule has 0 aliphatic rings. The van der Waals surface area contributed by atoms with Crippen LogP contribution in [0.3, 0.4) is 0 Å². The lowest BCUT2D eigenvalue weighted by atomic mass is 10.8. The molecule has 0 aromatic carbocycles. The maximum absolute atomic E-state index is 9.67. The number of aliphatic carboxylic acids is 1. The Morgan fingerprint density at radius 1 is 2.00 bits per heavy atom. The van der Waals surface area contributed by atoms with E-state index in [0.717, 1.165) is 0 Å². The van der Waals surface area contributed by atoms with E-state index in [1.807, 2.05) is 0 Å². The van der Waals surface area contributed by atoms with Crippen molar-refractivity contribution in [2.24, 2.45) is 5.16 Å². The fourth-order valence-corrected chi connectivity index (χ4v) is 0.222. The van der Waals surface area contributed by atoms with E-state index in [1.54, 1.807) is 0 Å². The monoisotopic (exact) mass is 135 g/mol. The largest absolute Gasteiger partial charge is 0.479 e. The molecule has 0 heterocycles. The van der Waals surface area contributed by atoms with Crippen molar-refractivity contribution >= 4 is 21.2 Å². The summed E-state index contributed by atoms with van der Waals surface area (Å²) in [6, 6.07) is 0. The smallest absolute Gasteiger partial charge is 0.344 e. The Bertz CT molecular complexity index is 103. The highest BCUT2D eigenvalue weighted by Crippen LogP contribution is 1.76. The zero-order valence-electron chi connectivity index (χ0n) is 4.07. The van der Waals surface area contributed by atoms with Crippen LogP contribution >= 0.6 is 9.24 Å². The molecular weight excluding hydrogens is 129 g/mol. The number of nitrogens with zero attached hydrogens (tertiary/aromatic N) is 1. The van der Waals surface area contributed by atoms with Gasteiger partial charge in [-0.2, -0.15) is 0 Å². The number of hydrogen-bond acceptors (Lipinski definition) is 3. The summed E-state index contributed by atoms with van der Waals surface area (Å²) in [6.45, 7) is -0.384. The standard InChI is InChI=1S/C3H6NO3P/c5-3(6)1-7-4-2-8/h2H,1,8H2,(H,5,6)/b4-2-. The van der Waals surface area contributed by atoms with Crippen molar-refractivity contribution in [3.63, 3.8) is 0 Å². The lowest BCUT2D eigenvalue weighted by Crippen LogP contribution is -2.02. The third-order valence-electron chi connectivity index (χ3n) is 0.323. The Morgan fingerprint density at radius 3 is 3.00 bits per heavy atom. The van der Waals surface area contributed by atoms with Crippen molar-refractivity contribution in [1.82, 2.24) is 0 Å². The van der Waals surface area contributed by atoms with Crippen LogP contribution in [0.1, 0.15) is 0 Å². The Labute approximate surface area is 48.7 Å². The summed E-state index contributed by atoms with van der Waals surface area (Å²) in [5.74, 6) is 0.267. The van der Waals surface area contributed by atoms with Crippen molar-refractivity contribution in [2.75, 3.05) is 6.61 Å². The summed E-state index contributed by atoms with van der Waals surface area (Å²) in [6.07, 6.45) is 0. The first-order valence-corrected chi connectivity index (χ1v) is 2.51. The number of rotatable bonds is 3. The number of carbonyl (C=O) groups is 1. The van der Waals surface area contributed by atoms with Gasteiger partial charge in [-0.3, -0.25) is 0 Å². The van der Waals surface area contributed by atoms with Gasteiger partial charge in [-0.05, 0) is 0 Å². The highest BCUT2D eigenvalue weighted by atomic mass is 31.0. The minimum Gasteiger partial charge on any atom is -0.479 e. The Morgan fingerprint density at radius 2 is 2.62 bits per heavy atom. The molecule has 0 aliphatic carbocycles. The van der Waals surface area contributed by atoms with Gasteiger partial charge in [0, 0.05) is 0 Å². The van der Waals surface area contributed by atoms with Crippen LogP contribution in [-0.2, 0) is 9.63 Å². The molecule has 1 N–H and O–H groups in total. The Balaban J connectivity index is 3.05. The first-order chi connectivity index (χ1) is 3.77. The molecular formula is C3H6NO3P. The van der Waals surface area contributed by atoms with Crippen LogP contribution in [0.15, 0.2) is 5.16 Å². The molecule has 1 atom stereocenters. The average molecular weight is 135 g/mol. The van der Waals surface area contributed by atoms with Crippen LogP contribution in [0.5, 0.6) is 0 Å². The molecule has 4 nitrogen and oxygen atoms in total. The van der Waals surface area contributed by atoms with E-state index in [1.165, 1.54) is 5.96 Å². The van der Waals surface area contributed by atoms with Gasteiger partial charge in [0.05, 0.1) is 5.96 Å². The molecule has 0 spiro atoms. The zero-order chi connectivity index (χ0) is 6.41. The summed E-state index contributed by atoms with van der Waals surface area (Å²) >= 11 is 0. The molecule has 1 unspecified atom stereocenters. The van der Waals surface area contributed by atoms with E-state index in [2.05, 4.69) is 19.2 Å². The van der Waals surface area contributed by atoms with Crippen LogP contribution in [0.4, 0.5) is 0 Å². The second-order valence-corrected chi connectivity index (χ2v) is 1.22. The van der Waals surface area contributed by atoms with Crippen molar-refractivity contribution in [3.05, 3.63) is 0 Å². The molecule has 46 valence electrons. The molecule has 0 aromatic heterocycles. The summed E-state index contributed by atoms with van der Waals surface area (Å²) in [7, 11) is 2.15. The Kier molecular flexibility index (Phi) is 4.17. The van der Waals surface area contributed by atoms with Gasteiger partial charge in [-0.25, -0.2) is 4.79 Å². The molecule has 8 heavy (non-hydrogen) atoms. The molecule has 0 radical (unpaired) electrons. The number of hydrogen-bond donors (Lipinski definition) is 1. The van der Waals surface area contributed by atoms with E-state index in [9.17, 15) is 4.79 Å². The molecule has 0 fully saturated rings. The SMILES string of the molecule is O=C(O)CO/N=C\P. The minimum absolute atomic E-state index is 0.384. The van der Waals surface area contributed by atoms with E-state index < -0.39 is 5.97 Å². The molecule has 5 heteroatoms. The van der Waals surface area contributed by atoms with E-state index in [-0.39, 0.29) is 6.61 Å². The second-order valence-electron chi connectivity index (χ2n) is 0.922. The molecule has 0 amide bonds. The van der Waals surface area contributed by atoms with Gasteiger partial charge < -0.3 is 9.94 Å². The lowest BCUT2D eigenvalue weighted by molar-refractivity contribution is -0.142. The number of carboxylic acids is 1. The fraction of sp³-hybridized carbons (Fsp3) is 0.333. The number of oxime groups is 1. The zero-order valence-corrected chi connectivity index (χ0v) is 5.23. The van der Waals surface area contributed by atoms with Crippen molar-refractivity contribution in [1.29, 1.82) is 0 Å². The van der Waals surface area contributed by atoms with Gasteiger partial charge in [-0.1, -0.05) is 14.4 Å². The molecule has 0 bridgehead atoms. The van der Waals surface area contributed by atoms with Crippen molar-refractivity contribution in [3.8, 4) is 0 Å². The van der Waals surface area contributed by atoms with Gasteiger partial charge >= 0.3 is 5.97 Å².